The van der Waals surface area contributed by atoms with Crippen LogP contribution in [-0.2, 0) is 14.3 Å². The summed E-state index contributed by atoms with van der Waals surface area (Å²) < 4.78 is 11.4. The standard InChI is InChI=1S/C34H52O9/c1-18(9-10-19(2)33(4,5)43-32-29(39)27(37)28(38)30(42-32)31(40)41)24-13-14-25-21(8-7-15-34(24,25)6)11-12-22-16-23(35)17-26(36)20(22)3/h9-12,18-19,23-30,32,35-39H,3,7-8,13-17H2,1-2,4-6H3,(H,40,41)/b10-9+,21-11+,22-12-/t18-,19+,23-,24-,25+,26+,27+,28+,29-,30+,32+,34-/m1/s1. The molecule has 4 rings (SSSR count). The van der Waals surface area contributed by atoms with E-state index in [2.05, 4.69) is 44.7 Å². The molecule has 0 spiro atoms. The summed E-state index contributed by atoms with van der Waals surface area (Å²) in [5.74, 6) is -0.294. The maximum atomic E-state index is 11.5. The SMILES string of the molecule is C=C1/C(=C\C=C2/CCC[C@]3(C)[C@@H]([C@H](C)/C=C/[C@H](C)C(C)(C)O[C@@H]4O[C@H](C(=O)O)[C@@H](O)[C@H](O)[C@H]4O)CC[C@@H]23)C[C@@H](O)C[C@@H]1O. The first-order valence-electron chi connectivity index (χ1n) is 15.8. The highest BCUT2D eigenvalue weighted by Gasteiger charge is 2.51. The Kier molecular flexibility index (Phi) is 10.5. The van der Waals surface area contributed by atoms with Gasteiger partial charge >= 0.3 is 5.97 Å². The molecule has 242 valence electrons. The Balaban J connectivity index is 1.42. The molecule has 0 aromatic rings. The van der Waals surface area contributed by atoms with E-state index >= 15 is 0 Å². The van der Waals surface area contributed by atoms with Crippen LogP contribution in [0.25, 0.3) is 0 Å². The van der Waals surface area contributed by atoms with Gasteiger partial charge in [-0.2, -0.15) is 0 Å². The molecule has 0 amide bonds. The fourth-order valence-corrected chi connectivity index (χ4v) is 7.87. The van der Waals surface area contributed by atoms with Crippen LogP contribution in [0.3, 0.4) is 0 Å². The van der Waals surface area contributed by atoms with Crippen LogP contribution in [-0.4, -0.2) is 85.1 Å². The molecule has 0 bridgehead atoms. The number of aliphatic carboxylic acids is 1. The number of fused-ring (bicyclic) bond motifs is 1. The van der Waals surface area contributed by atoms with Gasteiger partial charge in [-0.15, -0.1) is 0 Å². The number of rotatable bonds is 8. The molecule has 1 aliphatic heterocycles. The van der Waals surface area contributed by atoms with E-state index in [0.717, 1.165) is 31.3 Å². The lowest BCUT2D eigenvalue weighted by atomic mass is 9.61. The predicted octanol–water partition coefficient (Wildman–Crippen LogP) is 3.64. The van der Waals surface area contributed by atoms with E-state index in [-0.39, 0.29) is 11.3 Å². The summed E-state index contributed by atoms with van der Waals surface area (Å²) >= 11 is 0. The molecular formula is C34H52O9. The third kappa shape index (κ3) is 7.03. The van der Waals surface area contributed by atoms with Crippen molar-refractivity contribution in [3.8, 4) is 0 Å². The van der Waals surface area contributed by atoms with Gasteiger partial charge < -0.3 is 40.1 Å². The van der Waals surface area contributed by atoms with Gasteiger partial charge in [0.25, 0.3) is 0 Å². The predicted molar refractivity (Wildman–Crippen MR) is 162 cm³/mol. The number of hydrogen-bond acceptors (Lipinski definition) is 8. The second-order valence-corrected chi connectivity index (χ2v) is 14.2. The topological polar surface area (TPSA) is 157 Å². The van der Waals surface area contributed by atoms with E-state index in [1.165, 1.54) is 12.0 Å². The van der Waals surface area contributed by atoms with Gasteiger partial charge in [-0.3, -0.25) is 0 Å². The zero-order chi connectivity index (χ0) is 31.9. The van der Waals surface area contributed by atoms with Crippen LogP contribution >= 0.6 is 0 Å². The van der Waals surface area contributed by atoms with Crippen molar-refractivity contribution in [1.29, 1.82) is 0 Å². The largest absolute Gasteiger partial charge is 0.479 e. The maximum Gasteiger partial charge on any atom is 0.335 e. The van der Waals surface area contributed by atoms with Crippen LogP contribution in [0.2, 0.25) is 0 Å². The maximum absolute atomic E-state index is 11.5. The van der Waals surface area contributed by atoms with Gasteiger partial charge in [-0.25, -0.2) is 4.79 Å². The molecule has 4 fully saturated rings. The number of allylic oxidation sites excluding steroid dienone is 4. The molecule has 0 radical (unpaired) electrons. The molecule has 0 aromatic heterocycles. The summed E-state index contributed by atoms with van der Waals surface area (Å²) in [4.78, 5) is 11.5. The second kappa shape index (κ2) is 13.3. The number of carboxylic acid groups (broad SMARTS) is 1. The van der Waals surface area contributed by atoms with Crippen molar-refractivity contribution >= 4 is 5.97 Å². The number of carbonyl (C=O) groups is 1. The quantitative estimate of drug-likeness (QED) is 0.228. The Morgan fingerprint density at radius 1 is 1.07 bits per heavy atom. The lowest BCUT2D eigenvalue weighted by Crippen LogP contribution is -2.61. The van der Waals surface area contributed by atoms with E-state index in [9.17, 15) is 35.4 Å². The average Bonchev–Trinajstić information content (AvgIpc) is 3.30. The Bertz CT molecular complexity index is 1120. The number of ether oxygens (including phenoxy) is 2. The van der Waals surface area contributed by atoms with Crippen molar-refractivity contribution in [2.24, 2.45) is 29.1 Å². The van der Waals surface area contributed by atoms with Crippen molar-refractivity contribution in [2.45, 2.75) is 128 Å². The summed E-state index contributed by atoms with van der Waals surface area (Å²) in [7, 11) is 0. The van der Waals surface area contributed by atoms with Crippen molar-refractivity contribution < 1.29 is 44.9 Å². The number of carboxylic acids is 1. The van der Waals surface area contributed by atoms with Crippen LogP contribution in [0.5, 0.6) is 0 Å². The van der Waals surface area contributed by atoms with Crippen LogP contribution < -0.4 is 0 Å². The fourth-order valence-electron chi connectivity index (χ4n) is 7.87. The molecule has 4 aliphatic rings. The van der Waals surface area contributed by atoms with Gasteiger partial charge in [0.15, 0.2) is 12.4 Å². The summed E-state index contributed by atoms with van der Waals surface area (Å²) in [6, 6.07) is 0. The van der Waals surface area contributed by atoms with Crippen molar-refractivity contribution in [3.63, 3.8) is 0 Å². The van der Waals surface area contributed by atoms with Gasteiger partial charge in [-0.1, -0.05) is 57.2 Å². The Morgan fingerprint density at radius 3 is 2.44 bits per heavy atom. The zero-order valence-corrected chi connectivity index (χ0v) is 26.2. The summed E-state index contributed by atoms with van der Waals surface area (Å²) in [6.45, 7) is 14.4. The summed E-state index contributed by atoms with van der Waals surface area (Å²) in [6.07, 6.45) is 5.72. The number of aliphatic hydroxyl groups excluding tert-OH is 5. The molecule has 1 heterocycles. The third-order valence-corrected chi connectivity index (χ3v) is 11.0. The first-order valence-corrected chi connectivity index (χ1v) is 15.8. The van der Waals surface area contributed by atoms with E-state index in [1.54, 1.807) is 0 Å². The lowest BCUT2D eigenvalue weighted by molar-refractivity contribution is -0.319. The Labute approximate surface area is 255 Å². The van der Waals surface area contributed by atoms with Crippen molar-refractivity contribution in [2.75, 3.05) is 0 Å². The number of hydrogen-bond donors (Lipinski definition) is 6. The zero-order valence-electron chi connectivity index (χ0n) is 26.2. The molecule has 43 heavy (non-hydrogen) atoms. The van der Waals surface area contributed by atoms with E-state index < -0.39 is 54.5 Å². The highest BCUT2D eigenvalue weighted by Crippen LogP contribution is 2.59. The molecular weight excluding hydrogens is 552 g/mol. The molecule has 3 saturated carbocycles. The fraction of sp³-hybridized carbons (Fsp3) is 0.735. The molecule has 0 unspecified atom stereocenters. The first-order chi connectivity index (χ1) is 20.1. The summed E-state index contributed by atoms with van der Waals surface area (Å²) in [5.41, 5.74) is 2.39. The van der Waals surface area contributed by atoms with Gasteiger partial charge in [0.2, 0.25) is 0 Å². The van der Waals surface area contributed by atoms with Gasteiger partial charge in [0.05, 0.1) is 17.8 Å². The molecule has 3 aliphatic carbocycles. The normalized spacial score (nSPS) is 42.4. The van der Waals surface area contributed by atoms with Crippen LogP contribution in [0.4, 0.5) is 0 Å². The minimum atomic E-state index is -1.76. The molecule has 6 N–H and O–H groups in total. The monoisotopic (exact) mass is 604 g/mol. The minimum absolute atomic E-state index is 0.134. The first kappa shape index (κ1) is 34.0. The Morgan fingerprint density at radius 2 is 1.77 bits per heavy atom. The number of aliphatic hydroxyl groups is 5. The second-order valence-electron chi connectivity index (χ2n) is 14.2. The van der Waals surface area contributed by atoms with Gasteiger partial charge in [0.1, 0.15) is 18.3 Å². The third-order valence-electron chi connectivity index (χ3n) is 11.0. The highest BCUT2D eigenvalue weighted by molar-refractivity contribution is 5.73. The molecule has 1 saturated heterocycles. The van der Waals surface area contributed by atoms with Crippen LogP contribution in [0.15, 0.2) is 47.6 Å². The smallest absolute Gasteiger partial charge is 0.335 e. The Hall–Kier alpha value is -1.85. The van der Waals surface area contributed by atoms with Crippen LogP contribution in [0.1, 0.15) is 79.6 Å². The summed E-state index contributed by atoms with van der Waals surface area (Å²) in [5, 5.41) is 60.3. The average molecular weight is 605 g/mol. The van der Waals surface area contributed by atoms with E-state index in [0.29, 0.717) is 36.2 Å². The highest BCUT2D eigenvalue weighted by atomic mass is 16.7. The van der Waals surface area contributed by atoms with Crippen molar-refractivity contribution in [3.05, 3.63) is 47.6 Å². The molecule has 9 heteroatoms. The molecule has 0 aromatic carbocycles. The lowest BCUT2D eigenvalue weighted by Gasteiger charge is -2.44. The van der Waals surface area contributed by atoms with Crippen molar-refractivity contribution in [1.82, 2.24) is 0 Å². The minimum Gasteiger partial charge on any atom is -0.479 e. The molecule has 9 nitrogen and oxygen atoms in total. The van der Waals surface area contributed by atoms with Crippen LogP contribution in [0, 0.1) is 29.1 Å². The van der Waals surface area contributed by atoms with E-state index in [4.69, 9.17) is 9.47 Å². The molecule has 12 atom stereocenters. The van der Waals surface area contributed by atoms with Gasteiger partial charge in [-0.05, 0) is 86.7 Å². The van der Waals surface area contributed by atoms with E-state index in [1.807, 2.05) is 20.8 Å². The van der Waals surface area contributed by atoms with Gasteiger partial charge in [0, 0.05) is 12.3 Å².